The van der Waals surface area contributed by atoms with Crippen LogP contribution in [-0.4, -0.2) is 47.9 Å². The summed E-state index contributed by atoms with van der Waals surface area (Å²) < 4.78 is 26.7. The first-order chi connectivity index (χ1) is 12.5. The van der Waals surface area contributed by atoms with Gasteiger partial charge in [-0.15, -0.1) is 0 Å². The van der Waals surface area contributed by atoms with Crippen LogP contribution in [0.5, 0.6) is 0 Å². The molecule has 3 heterocycles. The molecular weight excluding hydrogens is 336 g/mol. The molecule has 1 aromatic carbocycles. The van der Waals surface area contributed by atoms with Gasteiger partial charge in [-0.1, -0.05) is 18.2 Å². The number of hydrogen-bond acceptors (Lipinski definition) is 3. The third-order valence-corrected chi connectivity index (χ3v) is 5.48. The summed E-state index contributed by atoms with van der Waals surface area (Å²) in [5.41, 5.74) is 0.941. The van der Waals surface area contributed by atoms with E-state index in [2.05, 4.69) is 11.0 Å². The number of alkyl halides is 2. The summed E-state index contributed by atoms with van der Waals surface area (Å²) in [6, 6.07) is 12.0. The van der Waals surface area contributed by atoms with Gasteiger partial charge in [0, 0.05) is 44.4 Å². The number of likely N-dealkylation sites (tertiary alicyclic amines) is 1. The van der Waals surface area contributed by atoms with Crippen molar-refractivity contribution in [3.8, 4) is 0 Å². The largest absolute Gasteiger partial charge is 0.356 e. The fourth-order valence-electron chi connectivity index (χ4n) is 3.93. The molecule has 0 spiro atoms. The minimum Gasteiger partial charge on any atom is -0.356 e. The first-order valence-electron chi connectivity index (χ1n) is 9.29. The maximum Gasteiger partial charge on any atom is 0.251 e. The number of hydrogen-bond donors (Lipinski definition) is 0. The highest BCUT2D eigenvalue weighted by Crippen LogP contribution is 2.30. The van der Waals surface area contributed by atoms with Gasteiger partial charge in [0.1, 0.15) is 5.82 Å². The molecule has 1 unspecified atom stereocenters. The molecule has 2 fully saturated rings. The number of aromatic nitrogens is 1. The Bertz CT molecular complexity index is 800. The summed E-state index contributed by atoms with van der Waals surface area (Å²) in [6.45, 7) is 1.80. The molecule has 0 radical (unpaired) electrons. The maximum atomic E-state index is 13.3. The Morgan fingerprint density at radius 1 is 1.08 bits per heavy atom. The van der Waals surface area contributed by atoms with Crippen molar-refractivity contribution in [3.63, 3.8) is 0 Å². The Balaban J connectivity index is 1.45. The molecule has 6 heteroatoms. The zero-order valence-electron chi connectivity index (χ0n) is 14.7. The van der Waals surface area contributed by atoms with Gasteiger partial charge >= 0.3 is 0 Å². The summed E-state index contributed by atoms with van der Waals surface area (Å²) in [7, 11) is 0. The van der Waals surface area contributed by atoms with Crippen molar-refractivity contribution in [2.45, 2.75) is 31.6 Å². The second kappa shape index (κ2) is 6.82. The van der Waals surface area contributed by atoms with Gasteiger partial charge in [0.2, 0.25) is 5.91 Å². The fraction of sp³-hybridized carbons (Fsp3) is 0.500. The average Bonchev–Trinajstić information content (AvgIpc) is 2.67. The number of benzene rings is 1. The lowest BCUT2D eigenvalue weighted by atomic mass is 9.95. The fourth-order valence-corrected chi connectivity index (χ4v) is 3.93. The highest BCUT2D eigenvalue weighted by molar-refractivity contribution is 5.81. The SMILES string of the molecule is O=C(C1CCCN(c2ccc3ccccc3n2)C1)N1CCC(F)(F)CC1. The standard InChI is InChI=1S/C20H23F2N3O/c21-20(22)9-12-24(13-10-20)19(26)16-5-3-11-25(14-16)18-8-7-15-4-1-2-6-17(15)23-18/h1-2,4,6-8,16H,3,5,9-14H2. The summed E-state index contributed by atoms with van der Waals surface area (Å²) in [5, 5.41) is 1.09. The molecule has 138 valence electrons. The van der Waals surface area contributed by atoms with E-state index in [1.165, 1.54) is 0 Å². The number of pyridine rings is 1. The van der Waals surface area contributed by atoms with Gasteiger partial charge in [0.15, 0.2) is 0 Å². The highest BCUT2D eigenvalue weighted by atomic mass is 19.3. The van der Waals surface area contributed by atoms with Crippen LogP contribution in [0, 0.1) is 5.92 Å². The minimum absolute atomic E-state index is 0.0194. The van der Waals surface area contributed by atoms with E-state index in [4.69, 9.17) is 4.98 Å². The lowest BCUT2D eigenvalue weighted by Gasteiger charge is -2.38. The number of rotatable bonds is 2. The second-order valence-electron chi connectivity index (χ2n) is 7.33. The Labute approximate surface area is 151 Å². The maximum absolute atomic E-state index is 13.3. The van der Waals surface area contributed by atoms with Crippen LogP contribution in [0.15, 0.2) is 36.4 Å². The third kappa shape index (κ3) is 3.50. The van der Waals surface area contributed by atoms with Crippen LogP contribution in [0.4, 0.5) is 14.6 Å². The van der Waals surface area contributed by atoms with Gasteiger partial charge in [0.05, 0.1) is 11.4 Å². The van der Waals surface area contributed by atoms with Crippen molar-refractivity contribution in [2.24, 2.45) is 5.92 Å². The number of fused-ring (bicyclic) bond motifs is 1. The molecule has 2 aliphatic rings. The molecule has 0 aliphatic carbocycles. The molecule has 2 aromatic rings. The quantitative estimate of drug-likeness (QED) is 0.820. The number of nitrogens with zero attached hydrogens (tertiary/aromatic N) is 3. The van der Waals surface area contributed by atoms with Crippen LogP contribution in [-0.2, 0) is 4.79 Å². The van der Waals surface area contributed by atoms with Gasteiger partial charge in [-0.05, 0) is 31.0 Å². The average molecular weight is 359 g/mol. The minimum atomic E-state index is -2.62. The number of carbonyl (C=O) groups is 1. The molecular formula is C20H23F2N3O. The molecule has 4 nitrogen and oxygen atoms in total. The van der Waals surface area contributed by atoms with Gasteiger partial charge in [-0.25, -0.2) is 13.8 Å². The first kappa shape index (κ1) is 17.2. The van der Waals surface area contributed by atoms with Crippen molar-refractivity contribution in [3.05, 3.63) is 36.4 Å². The van der Waals surface area contributed by atoms with E-state index < -0.39 is 5.92 Å². The van der Waals surface area contributed by atoms with Gasteiger partial charge in [-0.2, -0.15) is 0 Å². The zero-order chi connectivity index (χ0) is 18.1. The van der Waals surface area contributed by atoms with E-state index >= 15 is 0 Å². The third-order valence-electron chi connectivity index (χ3n) is 5.48. The number of carbonyl (C=O) groups excluding carboxylic acids is 1. The summed E-state index contributed by atoms with van der Waals surface area (Å²) in [6.07, 6.45) is 1.29. The Morgan fingerprint density at radius 2 is 1.85 bits per heavy atom. The number of anilines is 1. The van der Waals surface area contributed by atoms with Gasteiger partial charge in [-0.3, -0.25) is 4.79 Å². The van der Waals surface area contributed by atoms with Crippen LogP contribution in [0.25, 0.3) is 10.9 Å². The summed E-state index contributed by atoms with van der Waals surface area (Å²) >= 11 is 0. The first-order valence-corrected chi connectivity index (χ1v) is 9.29. The number of halogens is 2. The van der Waals surface area contributed by atoms with E-state index in [1.54, 1.807) is 4.90 Å². The molecule has 26 heavy (non-hydrogen) atoms. The van der Waals surface area contributed by atoms with Crippen molar-refractivity contribution in [2.75, 3.05) is 31.1 Å². The Kier molecular flexibility index (Phi) is 4.51. The Morgan fingerprint density at radius 3 is 2.65 bits per heavy atom. The highest BCUT2D eigenvalue weighted by Gasteiger charge is 2.38. The van der Waals surface area contributed by atoms with E-state index in [1.807, 2.05) is 30.3 Å². The topological polar surface area (TPSA) is 36.4 Å². The molecule has 4 rings (SSSR count). The molecule has 1 amide bonds. The predicted octanol–water partition coefficient (Wildman–Crippen LogP) is 3.71. The van der Waals surface area contributed by atoms with Crippen molar-refractivity contribution in [1.29, 1.82) is 0 Å². The van der Waals surface area contributed by atoms with Gasteiger partial charge in [0.25, 0.3) is 5.92 Å². The molecule has 0 saturated carbocycles. The van der Waals surface area contributed by atoms with Crippen LogP contribution in [0.3, 0.4) is 0 Å². The van der Waals surface area contributed by atoms with Crippen molar-refractivity contribution in [1.82, 2.24) is 9.88 Å². The van der Waals surface area contributed by atoms with Gasteiger partial charge < -0.3 is 9.80 Å². The lowest BCUT2D eigenvalue weighted by Crippen LogP contribution is -2.49. The normalized spacial score (nSPS) is 23.2. The summed E-state index contributed by atoms with van der Waals surface area (Å²) in [4.78, 5) is 21.3. The van der Waals surface area contributed by atoms with Crippen molar-refractivity contribution < 1.29 is 13.6 Å². The number of para-hydroxylation sites is 1. The molecule has 1 aromatic heterocycles. The van der Waals surface area contributed by atoms with E-state index in [0.717, 1.165) is 36.1 Å². The second-order valence-corrected chi connectivity index (χ2v) is 7.33. The number of amides is 1. The van der Waals surface area contributed by atoms with Crippen LogP contribution in [0.2, 0.25) is 0 Å². The van der Waals surface area contributed by atoms with Crippen molar-refractivity contribution >= 4 is 22.6 Å². The van der Waals surface area contributed by atoms with E-state index in [-0.39, 0.29) is 37.8 Å². The monoisotopic (exact) mass is 359 g/mol. The summed E-state index contributed by atoms with van der Waals surface area (Å²) in [5.74, 6) is -1.86. The Hall–Kier alpha value is -2.24. The molecule has 2 saturated heterocycles. The molecule has 0 N–H and O–H groups in total. The van der Waals surface area contributed by atoms with Crippen LogP contribution < -0.4 is 4.90 Å². The molecule has 0 bridgehead atoms. The van der Waals surface area contributed by atoms with E-state index in [0.29, 0.717) is 6.54 Å². The molecule has 2 aliphatic heterocycles. The smallest absolute Gasteiger partial charge is 0.251 e. The van der Waals surface area contributed by atoms with Crippen LogP contribution >= 0.6 is 0 Å². The predicted molar refractivity (Wildman–Crippen MR) is 97.4 cm³/mol. The zero-order valence-corrected chi connectivity index (χ0v) is 14.7. The van der Waals surface area contributed by atoms with Crippen LogP contribution in [0.1, 0.15) is 25.7 Å². The lowest BCUT2D eigenvalue weighted by molar-refractivity contribution is -0.141. The molecule has 1 atom stereocenters. The van der Waals surface area contributed by atoms with E-state index in [9.17, 15) is 13.6 Å². The number of piperidine rings is 2.